The smallest absolute Gasteiger partial charge is 0.296 e. The Morgan fingerprint density at radius 1 is 1.33 bits per heavy atom. The summed E-state index contributed by atoms with van der Waals surface area (Å²) in [7, 11) is -2.94. The lowest BCUT2D eigenvalue weighted by Gasteiger charge is -2.00. The zero-order valence-electron chi connectivity index (χ0n) is 7.54. The third-order valence-electron chi connectivity index (χ3n) is 1.84. The van der Waals surface area contributed by atoms with Crippen LogP contribution in [0.5, 0.6) is 5.75 Å². The van der Waals surface area contributed by atoms with Gasteiger partial charge in [-0.3, -0.25) is 4.55 Å². The number of hydrogen-bond donors (Lipinski definition) is 1. The number of rotatable bonds is 2. The summed E-state index contributed by atoms with van der Waals surface area (Å²) in [6.07, 6.45) is 0. The summed E-state index contributed by atoms with van der Waals surface area (Å²) in [4.78, 5) is -0.362. The highest BCUT2D eigenvalue weighted by Gasteiger charge is 2.20. The Morgan fingerprint density at radius 2 is 2.00 bits per heavy atom. The molecule has 0 aliphatic heterocycles. The molecule has 0 spiro atoms. The van der Waals surface area contributed by atoms with E-state index in [1.807, 2.05) is 0 Å². The van der Waals surface area contributed by atoms with Gasteiger partial charge in [0.25, 0.3) is 10.1 Å². The third-order valence-corrected chi connectivity index (χ3v) is 2.72. The molecular weight excluding hydrogens is 224 g/mol. The lowest BCUT2D eigenvalue weighted by Crippen LogP contribution is -1.99. The molecule has 0 saturated heterocycles. The fourth-order valence-electron chi connectivity index (χ4n) is 1.19. The Labute approximate surface area is 84.4 Å². The molecule has 7 nitrogen and oxygen atoms in total. The molecule has 0 aliphatic rings. The number of aromatic nitrogens is 2. The molecule has 15 heavy (non-hydrogen) atoms. The van der Waals surface area contributed by atoms with Gasteiger partial charge in [-0.1, -0.05) is 0 Å². The molecule has 1 heterocycles. The van der Waals surface area contributed by atoms with Gasteiger partial charge in [0, 0.05) is 0 Å². The molecular formula is C7H6N2O5S. The van der Waals surface area contributed by atoms with Crippen molar-refractivity contribution in [1.29, 1.82) is 0 Å². The van der Waals surface area contributed by atoms with Gasteiger partial charge in [0.1, 0.15) is 10.6 Å². The third kappa shape index (κ3) is 1.53. The van der Waals surface area contributed by atoms with Crippen LogP contribution in [0.1, 0.15) is 0 Å². The molecule has 0 amide bonds. The van der Waals surface area contributed by atoms with Crippen LogP contribution in [0.4, 0.5) is 0 Å². The Balaban J connectivity index is 2.86. The number of ether oxygens (including phenoxy) is 1. The van der Waals surface area contributed by atoms with Crippen LogP contribution in [0.15, 0.2) is 21.7 Å². The Kier molecular flexibility index (Phi) is 2.09. The van der Waals surface area contributed by atoms with E-state index in [-0.39, 0.29) is 15.9 Å². The largest absolute Gasteiger partial charge is 0.494 e. The number of methoxy groups -OCH3 is 1. The maximum atomic E-state index is 10.9. The number of hydrogen-bond acceptors (Lipinski definition) is 6. The van der Waals surface area contributed by atoms with Crippen LogP contribution in [0.2, 0.25) is 0 Å². The standard InChI is InChI=1S/C7H6N2O5S/c1-13-4-2-3-5(15(10,11)12)7-6(4)8-14-9-7/h2-3H,1H3,(H,10,11,12). The van der Waals surface area contributed by atoms with Crippen LogP contribution < -0.4 is 4.74 Å². The Bertz CT molecular complexity index is 603. The molecule has 1 aromatic heterocycles. The monoisotopic (exact) mass is 230 g/mol. The minimum atomic E-state index is -4.34. The molecule has 0 atom stereocenters. The highest BCUT2D eigenvalue weighted by Crippen LogP contribution is 2.27. The average molecular weight is 230 g/mol. The SMILES string of the molecule is COc1ccc(S(=O)(=O)O)c2nonc12. The molecule has 2 rings (SSSR count). The van der Waals surface area contributed by atoms with Crippen LogP contribution in [0.3, 0.4) is 0 Å². The maximum Gasteiger partial charge on any atom is 0.296 e. The summed E-state index contributed by atoms with van der Waals surface area (Å²) in [5, 5.41) is 6.87. The van der Waals surface area contributed by atoms with Crippen LogP contribution in [-0.4, -0.2) is 30.4 Å². The first-order chi connectivity index (χ1) is 7.04. The van der Waals surface area contributed by atoms with Crippen molar-refractivity contribution in [2.24, 2.45) is 0 Å². The quantitative estimate of drug-likeness (QED) is 0.748. The van der Waals surface area contributed by atoms with E-state index in [9.17, 15) is 8.42 Å². The van der Waals surface area contributed by atoms with Gasteiger partial charge in [0.05, 0.1) is 7.11 Å². The molecule has 8 heteroatoms. The molecule has 1 N–H and O–H groups in total. The van der Waals surface area contributed by atoms with Crippen LogP contribution >= 0.6 is 0 Å². The Hall–Kier alpha value is -1.67. The van der Waals surface area contributed by atoms with E-state index in [4.69, 9.17) is 9.29 Å². The van der Waals surface area contributed by atoms with Crippen LogP contribution in [0, 0.1) is 0 Å². The lowest BCUT2D eigenvalue weighted by molar-refractivity contribution is 0.313. The van der Waals surface area contributed by atoms with E-state index in [1.54, 1.807) is 0 Å². The van der Waals surface area contributed by atoms with Gasteiger partial charge in [0.2, 0.25) is 0 Å². The van der Waals surface area contributed by atoms with Gasteiger partial charge < -0.3 is 4.74 Å². The fraction of sp³-hybridized carbons (Fsp3) is 0.143. The number of fused-ring (bicyclic) bond motifs is 1. The molecule has 0 saturated carbocycles. The maximum absolute atomic E-state index is 10.9. The van der Waals surface area contributed by atoms with Crippen molar-refractivity contribution in [3.63, 3.8) is 0 Å². The van der Waals surface area contributed by atoms with E-state index in [0.717, 1.165) is 0 Å². The summed E-state index contributed by atoms with van der Waals surface area (Å²) in [6.45, 7) is 0. The first kappa shape index (κ1) is 9.87. The lowest BCUT2D eigenvalue weighted by atomic mass is 10.3. The van der Waals surface area contributed by atoms with Crippen molar-refractivity contribution in [3.8, 4) is 5.75 Å². The van der Waals surface area contributed by atoms with Gasteiger partial charge >= 0.3 is 0 Å². The second-order valence-corrected chi connectivity index (χ2v) is 4.09. The van der Waals surface area contributed by atoms with E-state index in [2.05, 4.69) is 14.9 Å². The fourth-order valence-corrected chi connectivity index (χ4v) is 1.81. The summed E-state index contributed by atoms with van der Waals surface area (Å²) >= 11 is 0. The van der Waals surface area contributed by atoms with Gasteiger partial charge in [-0.15, -0.1) is 0 Å². The van der Waals surface area contributed by atoms with Crippen LogP contribution in [-0.2, 0) is 10.1 Å². The van der Waals surface area contributed by atoms with Crippen LogP contribution in [0.25, 0.3) is 11.0 Å². The van der Waals surface area contributed by atoms with E-state index >= 15 is 0 Å². The normalized spacial score (nSPS) is 11.9. The predicted octanol–water partition coefficient (Wildman–Crippen LogP) is 0.478. The number of nitrogens with zero attached hydrogens (tertiary/aromatic N) is 2. The zero-order chi connectivity index (χ0) is 11.1. The average Bonchev–Trinajstić information content (AvgIpc) is 2.62. The summed E-state index contributed by atoms with van der Waals surface area (Å²) in [5.41, 5.74) is 0.0875. The van der Waals surface area contributed by atoms with Crippen molar-refractivity contribution in [2.45, 2.75) is 4.90 Å². The highest BCUT2D eigenvalue weighted by atomic mass is 32.2. The minimum Gasteiger partial charge on any atom is -0.494 e. The second-order valence-electron chi connectivity index (χ2n) is 2.70. The van der Waals surface area contributed by atoms with Crippen molar-refractivity contribution < 1.29 is 22.3 Å². The topological polar surface area (TPSA) is 103 Å². The first-order valence-electron chi connectivity index (χ1n) is 3.81. The molecule has 0 fully saturated rings. The molecule has 0 radical (unpaired) electrons. The predicted molar refractivity (Wildman–Crippen MR) is 48.2 cm³/mol. The van der Waals surface area contributed by atoms with Crippen molar-refractivity contribution in [2.75, 3.05) is 7.11 Å². The molecule has 2 aromatic rings. The second kappa shape index (κ2) is 3.17. The highest BCUT2D eigenvalue weighted by molar-refractivity contribution is 7.86. The van der Waals surface area contributed by atoms with E-state index in [0.29, 0.717) is 5.75 Å². The minimum absolute atomic E-state index is 0.0585. The van der Waals surface area contributed by atoms with Gasteiger partial charge in [0.15, 0.2) is 11.0 Å². The van der Waals surface area contributed by atoms with Crippen molar-refractivity contribution in [1.82, 2.24) is 10.3 Å². The molecule has 80 valence electrons. The van der Waals surface area contributed by atoms with E-state index in [1.165, 1.54) is 19.2 Å². The van der Waals surface area contributed by atoms with Gasteiger partial charge in [-0.25, -0.2) is 4.63 Å². The Morgan fingerprint density at radius 3 is 2.60 bits per heavy atom. The van der Waals surface area contributed by atoms with Gasteiger partial charge in [-0.2, -0.15) is 8.42 Å². The molecule has 0 bridgehead atoms. The molecule has 1 aromatic carbocycles. The van der Waals surface area contributed by atoms with Crippen molar-refractivity contribution in [3.05, 3.63) is 12.1 Å². The van der Waals surface area contributed by atoms with Crippen molar-refractivity contribution >= 4 is 21.2 Å². The summed E-state index contributed by atoms with van der Waals surface area (Å²) < 4.78 is 40.1. The van der Waals surface area contributed by atoms with E-state index < -0.39 is 10.1 Å². The first-order valence-corrected chi connectivity index (χ1v) is 5.25. The van der Waals surface area contributed by atoms with Gasteiger partial charge in [-0.05, 0) is 22.4 Å². The summed E-state index contributed by atoms with van der Waals surface area (Å²) in [6, 6.07) is 2.52. The number of benzene rings is 1. The molecule has 0 aliphatic carbocycles. The summed E-state index contributed by atoms with van der Waals surface area (Å²) in [5.74, 6) is 0.318. The molecule has 0 unspecified atom stereocenters. The zero-order valence-corrected chi connectivity index (χ0v) is 8.35.